The van der Waals surface area contributed by atoms with E-state index in [4.69, 9.17) is 12.2 Å². The molecule has 0 saturated carbocycles. The topological polar surface area (TPSA) is 84.2 Å². The van der Waals surface area contributed by atoms with Crippen molar-refractivity contribution in [3.8, 4) is 10.6 Å². The monoisotopic (exact) mass is 500 g/mol. The molecule has 2 aromatic heterocycles. The van der Waals surface area contributed by atoms with Gasteiger partial charge in [0, 0.05) is 23.0 Å². The van der Waals surface area contributed by atoms with Gasteiger partial charge < -0.3 is 5.32 Å². The second-order valence-electron chi connectivity index (χ2n) is 6.38. The van der Waals surface area contributed by atoms with Gasteiger partial charge in [0.25, 0.3) is 5.91 Å². The number of hydrogen-bond donors (Lipinski definition) is 2. The first kappa shape index (κ1) is 20.6. The highest BCUT2D eigenvalue weighted by Gasteiger charge is 2.12. The van der Waals surface area contributed by atoms with Crippen LogP contribution in [0.1, 0.15) is 28.7 Å². The first-order chi connectivity index (χ1) is 14.5. The lowest BCUT2D eigenvalue weighted by Crippen LogP contribution is -2.38. The van der Waals surface area contributed by atoms with Crippen LogP contribution >= 0.6 is 39.5 Å². The zero-order valence-electron chi connectivity index (χ0n) is 15.9. The maximum absolute atomic E-state index is 12.3. The Labute approximate surface area is 190 Å². The molecule has 1 amide bonds. The lowest BCUT2D eigenvalue weighted by Gasteiger charge is -2.10. The van der Waals surface area contributed by atoms with Gasteiger partial charge in [0.05, 0.1) is 5.56 Å². The summed E-state index contributed by atoms with van der Waals surface area (Å²) in [6, 6.07) is 15.2. The molecule has 7 nitrogen and oxygen atoms in total. The average molecular weight is 501 g/mol. The van der Waals surface area contributed by atoms with E-state index in [-0.39, 0.29) is 11.0 Å². The summed E-state index contributed by atoms with van der Waals surface area (Å²) in [7, 11) is 0. The summed E-state index contributed by atoms with van der Waals surface area (Å²) in [5.41, 5.74) is 2.58. The molecule has 0 unspecified atom stereocenters. The highest BCUT2D eigenvalue weighted by atomic mass is 79.9. The summed E-state index contributed by atoms with van der Waals surface area (Å²) in [6.45, 7) is 2.53. The molecule has 0 saturated heterocycles. The van der Waals surface area contributed by atoms with Crippen molar-refractivity contribution in [2.24, 2.45) is 0 Å². The number of aryl methyl sites for hydroxylation is 1. The third-order valence-corrected chi connectivity index (χ3v) is 6.26. The van der Waals surface area contributed by atoms with Crippen LogP contribution in [0, 0.1) is 0 Å². The maximum Gasteiger partial charge on any atom is 0.258 e. The van der Waals surface area contributed by atoms with Crippen molar-refractivity contribution < 1.29 is 4.79 Å². The van der Waals surface area contributed by atoms with E-state index in [1.165, 1.54) is 11.3 Å². The van der Waals surface area contributed by atoms with Crippen molar-refractivity contribution in [2.45, 2.75) is 19.9 Å². The molecule has 0 spiro atoms. The molecule has 2 heterocycles. The number of carbonyl (C=O) groups excluding carboxylic acids is 1. The molecule has 2 aromatic carbocycles. The van der Waals surface area contributed by atoms with Gasteiger partial charge in [0.15, 0.2) is 10.9 Å². The lowest BCUT2D eigenvalue weighted by atomic mass is 10.1. The van der Waals surface area contributed by atoms with Gasteiger partial charge >= 0.3 is 0 Å². The lowest BCUT2D eigenvalue weighted by molar-refractivity contribution is 0.0976. The highest BCUT2D eigenvalue weighted by Crippen LogP contribution is 2.25. The summed E-state index contributed by atoms with van der Waals surface area (Å²) >= 11 is 10.1. The van der Waals surface area contributed by atoms with Crippen molar-refractivity contribution in [3.63, 3.8) is 0 Å². The molecule has 2 N–H and O–H groups in total. The van der Waals surface area contributed by atoms with E-state index in [0.717, 1.165) is 37.8 Å². The molecule has 0 fully saturated rings. The predicted octanol–water partition coefficient (Wildman–Crippen LogP) is 3.98. The van der Waals surface area contributed by atoms with Crippen molar-refractivity contribution in [3.05, 3.63) is 70.0 Å². The van der Waals surface area contributed by atoms with E-state index >= 15 is 0 Å². The van der Waals surface area contributed by atoms with Crippen molar-refractivity contribution in [1.82, 2.24) is 30.4 Å². The predicted molar refractivity (Wildman–Crippen MR) is 125 cm³/mol. The number of fused-ring (bicyclic) bond motifs is 1. The van der Waals surface area contributed by atoms with E-state index in [2.05, 4.69) is 41.9 Å². The fourth-order valence-corrected chi connectivity index (χ4v) is 4.30. The number of halogens is 1. The van der Waals surface area contributed by atoms with E-state index < -0.39 is 0 Å². The molecule has 0 aliphatic carbocycles. The first-order valence-electron chi connectivity index (χ1n) is 9.19. The second kappa shape index (κ2) is 8.99. The van der Waals surface area contributed by atoms with Crippen LogP contribution in [0.5, 0.6) is 0 Å². The van der Waals surface area contributed by atoms with Crippen LogP contribution in [0.15, 0.2) is 53.0 Å². The number of aromatic nitrogens is 4. The molecule has 0 radical (unpaired) electrons. The number of hydrogen-bond acceptors (Lipinski definition) is 6. The van der Waals surface area contributed by atoms with Gasteiger partial charge in [-0.2, -0.15) is 9.61 Å². The van der Waals surface area contributed by atoms with Gasteiger partial charge in [0.1, 0.15) is 5.01 Å². The Kier molecular flexibility index (Phi) is 6.16. The summed E-state index contributed by atoms with van der Waals surface area (Å²) in [6.07, 6.45) is 0.784. The molecule has 152 valence electrons. The molecular weight excluding hydrogens is 484 g/mol. The number of amides is 1. The van der Waals surface area contributed by atoms with Crippen LogP contribution in [-0.4, -0.2) is 30.8 Å². The number of thiocarbonyl (C=S) groups is 1. The van der Waals surface area contributed by atoms with E-state index in [1.807, 2.05) is 43.3 Å². The van der Waals surface area contributed by atoms with Crippen LogP contribution in [0.3, 0.4) is 0 Å². The molecule has 0 bridgehead atoms. The fraction of sp³-hybridized carbons (Fsp3) is 0.150. The smallest absolute Gasteiger partial charge is 0.258 e. The Balaban J connectivity index is 1.36. The second-order valence-corrected chi connectivity index (χ2v) is 8.60. The van der Waals surface area contributed by atoms with Crippen LogP contribution in [0.2, 0.25) is 0 Å². The van der Waals surface area contributed by atoms with Crippen molar-refractivity contribution in [2.75, 3.05) is 0 Å². The Morgan fingerprint density at radius 2 is 1.93 bits per heavy atom. The zero-order valence-corrected chi connectivity index (χ0v) is 19.1. The number of nitrogens with one attached hydrogen (secondary N) is 2. The summed E-state index contributed by atoms with van der Waals surface area (Å²) in [4.78, 5) is 13.1. The van der Waals surface area contributed by atoms with Gasteiger partial charge in [-0.1, -0.05) is 54.7 Å². The largest absolute Gasteiger partial charge is 0.358 e. The summed E-state index contributed by atoms with van der Waals surface area (Å²) in [5.74, 6) is 0.594. The Morgan fingerprint density at radius 3 is 2.67 bits per heavy atom. The van der Waals surface area contributed by atoms with Gasteiger partial charge in [-0.05, 0) is 45.8 Å². The molecule has 0 atom stereocenters. The molecular formula is C20H17BrN6OS2. The molecule has 0 aliphatic heterocycles. The van der Waals surface area contributed by atoms with Crippen LogP contribution in [0.4, 0.5) is 0 Å². The standard InChI is InChI=1S/C20H17BrN6OS2/c1-2-16-24-25-20-27(16)26-18(30-20)13-9-7-12(8-10-13)11-22-19(29)23-17(28)14-5-3-4-6-15(14)21/h3-10H,2,11H2,1H3,(H2,22,23,28,29). The number of nitrogens with zero attached hydrogens (tertiary/aromatic N) is 4. The maximum atomic E-state index is 12.3. The summed E-state index contributed by atoms with van der Waals surface area (Å²) in [5, 5.41) is 19.8. The number of rotatable bonds is 5. The van der Waals surface area contributed by atoms with E-state index in [9.17, 15) is 4.79 Å². The zero-order chi connectivity index (χ0) is 21.1. The quantitative estimate of drug-likeness (QED) is 0.403. The highest BCUT2D eigenvalue weighted by molar-refractivity contribution is 9.10. The van der Waals surface area contributed by atoms with E-state index in [0.29, 0.717) is 12.1 Å². The molecule has 10 heteroatoms. The Hall–Kier alpha value is -2.69. The van der Waals surface area contributed by atoms with Gasteiger partial charge in [0.2, 0.25) is 4.96 Å². The summed E-state index contributed by atoms with van der Waals surface area (Å²) < 4.78 is 2.51. The number of benzene rings is 2. The van der Waals surface area contributed by atoms with Crippen molar-refractivity contribution in [1.29, 1.82) is 0 Å². The minimum atomic E-state index is -0.259. The molecule has 0 aliphatic rings. The van der Waals surface area contributed by atoms with Crippen molar-refractivity contribution >= 4 is 55.5 Å². The first-order valence-corrected chi connectivity index (χ1v) is 11.2. The Bertz CT molecular complexity index is 1220. The van der Waals surface area contributed by atoms with E-state index in [1.54, 1.807) is 16.6 Å². The number of carbonyl (C=O) groups is 1. The normalized spacial score (nSPS) is 10.9. The minimum Gasteiger partial charge on any atom is -0.358 e. The third-order valence-electron chi connectivity index (χ3n) is 4.37. The molecule has 30 heavy (non-hydrogen) atoms. The Morgan fingerprint density at radius 1 is 1.17 bits per heavy atom. The molecule has 4 aromatic rings. The van der Waals surface area contributed by atoms with Crippen LogP contribution in [-0.2, 0) is 13.0 Å². The molecule has 4 rings (SSSR count). The fourth-order valence-electron chi connectivity index (χ4n) is 2.80. The third kappa shape index (κ3) is 4.40. The van der Waals surface area contributed by atoms with Crippen LogP contribution < -0.4 is 10.6 Å². The minimum absolute atomic E-state index is 0.259. The van der Waals surface area contributed by atoms with Crippen LogP contribution in [0.25, 0.3) is 15.5 Å². The van der Waals surface area contributed by atoms with Gasteiger partial charge in [-0.15, -0.1) is 10.2 Å². The average Bonchev–Trinajstić information content (AvgIpc) is 3.33. The SMILES string of the molecule is CCc1nnc2sc(-c3ccc(CNC(=S)NC(=O)c4ccccc4Br)cc3)nn12. The van der Waals surface area contributed by atoms with Gasteiger partial charge in [-0.3, -0.25) is 10.1 Å². The van der Waals surface area contributed by atoms with Gasteiger partial charge in [-0.25, -0.2) is 0 Å².